The lowest BCUT2D eigenvalue weighted by atomic mass is 9.95. The van der Waals surface area contributed by atoms with Gasteiger partial charge in [0.25, 0.3) is 5.92 Å². The van der Waals surface area contributed by atoms with Crippen molar-refractivity contribution in [2.45, 2.75) is 52.9 Å². The fourth-order valence-corrected chi connectivity index (χ4v) is 4.05. The lowest BCUT2D eigenvalue weighted by Crippen LogP contribution is -2.42. The molecule has 1 unspecified atom stereocenters. The molecule has 0 aromatic carbocycles. The minimum Gasteiger partial charge on any atom is -0.390 e. The molecule has 4 nitrogen and oxygen atoms in total. The molecule has 2 rings (SSSR count). The highest BCUT2D eigenvalue weighted by atomic mass is 19.3. The zero-order chi connectivity index (χ0) is 21.8. The maximum Gasteiger partial charge on any atom is 0.265 e. The van der Waals surface area contributed by atoms with Crippen molar-refractivity contribution in [3.05, 3.63) is 46.8 Å². The van der Waals surface area contributed by atoms with Crippen LogP contribution in [0.25, 0.3) is 0 Å². The third kappa shape index (κ3) is 5.48. The van der Waals surface area contributed by atoms with E-state index in [1.807, 2.05) is 36.0 Å². The van der Waals surface area contributed by atoms with Crippen LogP contribution in [-0.4, -0.2) is 65.8 Å². The second-order valence-corrected chi connectivity index (χ2v) is 8.20. The summed E-state index contributed by atoms with van der Waals surface area (Å²) < 4.78 is 28.2. The first-order valence-corrected chi connectivity index (χ1v) is 10.7. The molecule has 0 bridgehead atoms. The third-order valence-corrected chi connectivity index (χ3v) is 6.34. The Morgan fingerprint density at radius 2 is 2.00 bits per heavy atom. The Labute approximate surface area is 174 Å². The summed E-state index contributed by atoms with van der Waals surface area (Å²) in [7, 11) is 1.94. The summed E-state index contributed by atoms with van der Waals surface area (Å²) in [6, 6.07) is 0. The van der Waals surface area contributed by atoms with Gasteiger partial charge >= 0.3 is 0 Å². The number of piperidine rings is 1. The molecule has 0 aliphatic carbocycles. The molecular weight excluding hydrogens is 372 g/mol. The van der Waals surface area contributed by atoms with E-state index in [1.54, 1.807) is 0 Å². The SMILES string of the molecule is C=C(/C=C\C(=C(\C)C(C)CC)N1CCCC(F)(F)C1)C1=C(CO)N(C)N(CC)C1. The van der Waals surface area contributed by atoms with Crippen molar-refractivity contribution in [3.8, 4) is 0 Å². The van der Waals surface area contributed by atoms with Crippen molar-refractivity contribution in [1.82, 2.24) is 14.9 Å². The van der Waals surface area contributed by atoms with Crippen molar-refractivity contribution < 1.29 is 13.9 Å². The van der Waals surface area contributed by atoms with E-state index in [-0.39, 0.29) is 19.6 Å². The summed E-state index contributed by atoms with van der Waals surface area (Å²) in [6.07, 6.45) is 5.29. The van der Waals surface area contributed by atoms with E-state index in [4.69, 9.17) is 0 Å². The molecule has 1 atom stereocenters. The van der Waals surface area contributed by atoms with Crippen LogP contribution in [-0.2, 0) is 0 Å². The van der Waals surface area contributed by atoms with Gasteiger partial charge in [-0.05, 0) is 48.5 Å². The summed E-state index contributed by atoms with van der Waals surface area (Å²) >= 11 is 0. The summed E-state index contributed by atoms with van der Waals surface area (Å²) in [4.78, 5) is 1.83. The van der Waals surface area contributed by atoms with Crippen LogP contribution in [0.5, 0.6) is 0 Å². The topological polar surface area (TPSA) is 30.0 Å². The predicted octanol–water partition coefficient (Wildman–Crippen LogP) is 4.58. The van der Waals surface area contributed by atoms with Gasteiger partial charge in [-0.25, -0.2) is 13.8 Å². The molecule has 2 aliphatic rings. The molecule has 0 amide bonds. The molecule has 0 spiro atoms. The van der Waals surface area contributed by atoms with Crippen LogP contribution in [0.3, 0.4) is 0 Å². The van der Waals surface area contributed by atoms with Crippen LogP contribution in [0.4, 0.5) is 8.78 Å². The van der Waals surface area contributed by atoms with Gasteiger partial charge < -0.3 is 15.0 Å². The molecular formula is C23H37F2N3O. The van der Waals surface area contributed by atoms with Gasteiger partial charge in [-0.3, -0.25) is 0 Å². The highest BCUT2D eigenvalue weighted by Crippen LogP contribution is 2.32. The van der Waals surface area contributed by atoms with Gasteiger partial charge in [-0.2, -0.15) is 0 Å². The minimum absolute atomic E-state index is 0.0402. The lowest BCUT2D eigenvalue weighted by Gasteiger charge is -2.36. The second kappa shape index (κ2) is 9.90. The molecule has 2 aliphatic heterocycles. The molecule has 2 heterocycles. The standard InChI is InChI=1S/C23H37F2N3O/c1-7-17(3)19(5)21(27-13-9-12-23(24,25)16-27)11-10-18(4)20-14-28(8-2)26(6)22(20)15-29/h10-11,17,29H,4,7-9,12-16H2,1-3,5-6H3/b11-10-,21-19+. The molecule has 0 radical (unpaired) electrons. The average molecular weight is 410 g/mol. The van der Waals surface area contributed by atoms with Crippen molar-refractivity contribution in [3.63, 3.8) is 0 Å². The maximum absolute atomic E-state index is 14.1. The molecule has 0 aromatic heterocycles. The molecule has 6 heteroatoms. The van der Waals surface area contributed by atoms with Gasteiger partial charge in [0.1, 0.15) is 0 Å². The Hall–Kier alpha value is -1.66. The maximum atomic E-state index is 14.1. The fourth-order valence-electron chi connectivity index (χ4n) is 4.05. The smallest absolute Gasteiger partial charge is 0.265 e. The van der Waals surface area contributed by atoms with Crippen molar-refractivity contribution in [2.75, 3.05) is 39.8 Å². The lowest BCUT2D eigenvalue weighted by molar-refractivity contribution is -0.0544. The highest BCUT2D eigenvalue weighted by molar-refractivity contribution is 5.45. The first kappa shape index (κ1) is 23.6. The molecule has 29 heavy (non-hydrogen) atoms. The Balaban J connectivity index is 2.32. The van der Waals surface area contributed by atoms with E-state index in [2.05, 4.69) is 32.4 Å². The predicted molar refractivity (Wildman–Crippen MR) is 115 cm³/mol. The van der Waals surface area contributed by atoms with E-state index in [9.17, 15) is 13.9 Å². The van der Waals surface area contributed by atoms with Crippen molar-refractivity contribution >= 4 is 0 Å². The second-order valence-electron chi connectivity index (χ2n) is 8.20. The van der Waals surface area contributed by atoms with Crippen LogP contribution in [0.1, 0.15) is 47.0 Å². The number of hydrogen-bond donors (Lipinski definition) is 1. The number of nitrogens with zero attached hydrogens (tertiary/aromatic N) is 3. The molecule has 1 saturated heterocycles. The van der Waals surface area contributed by atoms with Gasteiger partial charge in [0, 0.05) is 38.8 Å². The molecule has 164 valence electrons. The van der Waals surface area contributed by atoms with Crippen LogP contribution in [0, 0.1) is 5.92 Å². The number of rotatable bonds is 8. The molecule has 0 saturated carbocycles. The van der Waals surface area contributed by atoms with Crippen molar-refractivity contribution in [1.29, 1.82) is 0 Å². The molecule has 1 fully saturated rings. The number of allylic oxidation sites excluding steroid dienone is 3. The number of hydrogen-bond acceptors (Lipinski definition) is 4. The molecule has 1 N–H and O–H groups in total. The fraction of sp³-hybridized carbons (Fsp3) is 0.652. The van der Waals surface area contributed by atoms with Crippen LogP contribution < -0.4 is 0 Å². The first-order valence-electron chi connectivity index (χ1n) is 10.7. The number of aliphatic hydroxyl groups is 1. The number of hydrazine groups is 1. The Morgan fingerprint density at radius 3 is 2.55 bits per heavy atom. The number of halogens is 2. The van der Waals surface area contributed by atoms with Crippen LogP contribution in [0.2, 0.25) is 0 Å². The number of alkyl halides is 2. The normalized spacial score (nSPS) is 22.5. The Bertz CT molecular complexity index is 696. The zero-order valence-electron chi connectivity index (χ0n) is 18.6. The van der Waals surface area contributed by atoms with E-state index < -0.39 is 5.92 Å². The van der Waals surface area contributed by atoms with Crippen molar-refractivity contribution in [2.24, 2.45) is 5.92 Å². The number of likely N-dealkylation sites (N-methyl/N-ethyl adjacent to an activating group) is 2. The first-order chi connectivity index (χ1) is 13.6. The van der Waals surface area contributed by atoms with Crippen LogP contribution >= 0.6 is 0 Å². The summed E-state index contributed by atoms with van der Waals surface area (Å²) in [5, 5.41) is 13.9. The largest absolute Gasteiger partial charge is 0.390 e. The average Bonchev–Trinajstić information content (AvgIpc) is 3.01. The monoisotopic (exact) mass is 409 g/mol. The number of likely N-dealkylation sites (tertiary alicyclic amines) is 1. The van der Waals surface area contributed by atoms with Gasteiger partial charge in [0.15, 0.2) is 0 Å². The van der Waals surface area contributed by atoms with Gasteiger partial charge in [0.05, 0.1) is 18.8 Å². The van der Waals surface area contributed by atoms with Crippen LogP contribution in [0.15, 0.2) is 46.8 Å². The Kier molecular flexibility index (Phi) is 8.06. The third-order valence-electron chi connectivity index (χ3n) is 6.34. The minimum atomic E-state index is -2.65. The van der Waals surface area contributed by atoms with E-state index in [0.29, 0.717) is 25.4 Å². The van der Waals surface area contributed by atoms with E-state index >= 15 is 0 Å². The molecule has 0 aromatic rings. The zero-order valence-corrected chi connectivity index (χ0v) is 18.6. The van der Waals surface area contributed by atoms with E-state index in [1.165, 1.54) is 0 Å². The van der Waals surface area contributed by atoms with Gasteiger partial charge in [-0.1, -0.05) is 33.4 Å². The highest BCUT2D eigenvalue weighted by Gasteiger charge is 2.36. The summed E-state index contributed by atoms with van der Waals surface area (Å²) in [6.45, 7) is 14.5. The summed E-state index contributed by atoms with van der Waals surface area (Å²) in [5.74, 6) is -2.33. The summed E-state index contributed by atoms with van der Waals surface area (Å²) in [5.41, 5.74) is 4.66. The Morgan fingerprint density at radius 1 is 1.31 bits per heavy atom. The van der Waals surface area contributed by atoms with Gasteiger partial charge in [-0.15, -0.1) is 0 Å². The number of aliphatic hydroxyl groups excluding tert-OH is 1. The van der Waals surface area contributed by atoms with Gasteiger partial charge in [0.2, 0.25) is 0 Å². The quantitative estimate of drug-likeness (QED) is 0.595. The van der Waals surface area contributed by atoms with E-state index in [0.717, 1.165) is 41.1 Å².